The highest BCUT2D eigenvalue weighted by Crippen LogP contribution is 2.33. The van der Waals surface area contributed by atoms with Gasteiger partial charge in [0.05, 0.1) is 0 Å². The average molecular weight is 428 g/mol. The summed E-state index contributed by atoms with van der Waals surface area (Å²) in [7, 11) is 0. The monoisotopic (exact) mass is 428 g/mol. The zero-order chi connectivity index (χ0) is 22.2. The summed E-state index contributed by atoms with van der Waals surface area (Å²) in [6.45, 7) is 2.04. The molecule has 0 aromatic heterocycles. The summed E-state index contributed by atoms with van der Waals surface area (Å²) in [6.07, 6.45) is -4.10. The summed E-state index contributed by atoms with van der Waals surface area (Å²) < 4.78 is 69.6. The lowest BCUT2D eigenvalue weighted by Crippen LogP contribution is -2.17. The van der Waals surface area contributed by atoms with Gasteiger partial charge in [0.15, 0.2) is 11.6 Å². The Morgan fingerprint density at radius 3 is 2.06 bits per heavy atom. The van der Waals surface area contributed by atoms with E-state index in [1.165, 1.54) is 6.07 Å². The van der Waals surface area contributed by atoms with E-state index in [1.54, 1.807) is 36.4 Å². The zero-order valence-electron chi connectivity index (χ0n) is 16.4. The Balaban J connectivity index is 1.64. The van der Waals surface area contributed by atoms with Gasteiger partial charge in [0.2, 0.25) is 0 Å². The highest BCUT2D eigenvalue weighted by atomic mass is 19.4. The third-order valence-corrected chi connectivity index (χ3v) is 5.11. The Morgan fingerprint density at radius 2 is 1.42 bits per heavy atom. The molecule has 0 aliphatic heterocycles. The van der Waals surface area contributed by atoms with Gasteiger partial charge in [-0.05, 0) is 46.2 Å². The van der Waals surface area contributed by atoms with Crippen LogP contribution in [0.4, 0.5) is 22.0 Å². The number of alkyl halides is 3. The smallest absolute Gasteiger partial charge is 0.403 e. The fraction of sp³-hybridized carbons (Fsp3) is 0.120. The normalized spacial score (nSPS) is 11.7. The number of benzene rings is 4. The maximum atomic E-state index is 15.1. The van der Waals surface area contributed by atoms with E-state index in [4.69, 9.17) is 0 Å². The molecule has 0 aliphatic carbocycles. The molecular formula is C25H17F5O. The average Bonchev–Trinajstić information content (AvgIpc) is 2.74. The van der Waals surface area contributed by atoms with Gasteiger partial charge in [0, 0.05) is 10.9 Å². The van der Waals surface area contributed by atoms with Crippen molar-refractivity contribution >= 4 is 10.8 Å². The van der Waals surface area contributed by atoms with Crippen LogP contribution in [0.1, 0.15) is 12.5 Å². The quantitative estimate of drug-likeness (QED) is 0.300. The summed E-state index contributed by atoms with van der Waals surface area (Å²) in [6, 6.07) is 19.2. The Kier molecular flexibility index (Phi) is 5.39. The second-order valence-electron chi connectivity index (χ2n) is 7.11. The molecule has 31 heavy (non-hydrogen) atoms. The number of hydrogen-bond acceptors (Lipinski definition) is 1. The topological polar surface area (TPSA) is 9.23 Å². The van der Waals surface area contributed by atoms with Crippen LogP contribution in [0.2, 0.25) is 0 Å². The first-order valence-corrected chi connectivity index (χ1v) is 9.62. The highest BCUT2D eigenvalue weighted by molar-refractivity contribution is 5.89. The largest absolute Gasteiger partial charge is 0.573 e. The van der Waals surface area contributed by atoms with E-state index in [0.717, 1.165) is 29.5 Å². The van der Waals surface area contributed by atoms with Crippen molar-refractivity contribution in [3.05, 3.63) is 90.0 Å². The molecule has 1 nitrogen and oxygen atoms in total. The Bertz CT molecular complexity index is 1240. The molecular weight excluding hydrogens is 411 g/mol. The van der Waals surface area contributed by atoms with Gasteiger partial charge in [0.1, 0.15) is 5.82 Å². The lowest BCUT2D eigenvalue weighted by Gasteiger charge is -2.11. The first-order valence-electron chi connectivity index (χ1n) is 9.62. The molecule has 0 unspecified atom stereocenters. The van der Waals surface area contributed by atoms with Crippen LogP contribution >= 0.6 is 0 Å². The summed E-state index contributed by atoms with van der Waals surface area (Å²) in [5.41, 5.74) is 3.16. The van der Waals surface area contributed by atoms with Gasteiger partial charge < -0.3 is 4.74 Å². The third-order valence-electron chi connectivity index (χ3n) is 5.11. The third kappa shape index (κ3) is 4.38. The highest BCUT2D eigenvalue weighted by Gasteiger charge is 2.32. The maximum absolute atomic E-state index is 15.1. The predicted octanol–water partition coefficient (Wildman–Crippen LogP) is 7.91. The van der Waals surface area contributed by atoms with E-state index in [-0.39, 0.29) is 5.82 Å². The lowest BCUT2D eigenvalue weighted by molar-refractivity contribution is -0.275. The van der Waals surface area contributed by atoms with E-state index in [1.807, 2.05) is 25.1 Å². The Hall–Kier alpha value is -3.41. The molecule has 0 aliphatic rings. The van der Waals surface area contributed by atoms with Gasteiger partial charge in [-0.2, -0.15) is 0 Å². The van der Waals surface area contributed by atoms with Crippen LogP contribution in [-0.4, -0.2) is 6.36 Å². The van der Waals surface area contributed by atoms with E-state index >= 15 is 4.39 Å². The van der Waals surface area contributed by atoms with Crippen LogP contribution in [0.25, 0.3) is 33.0 Å². The first kappa shape index (κ1) is 20.8. The summed E-state index contributed by atoms with van der Waals surface area (Å²) in [4.78, 5) is 0. The molecule has 0 heterocycles. The van der Waals surface area contributed by atoms with Gasteiger partial charge in [-0.25, -0.2) is 8.78 Å². The lowest BCUT2D eigenvalue weighted by atomic mass is 9.96. The molecule has 0 amide bonds. The molecule has 6 heteroatoms. The van der Waals surface area contributed by atoms with Crippen molar-refractivity contribution in [2.75, 3.05) is 0 Å². The van der Waals surface area contributed by atoms with Crippen LogP contribution in [-0.2, 0) is 6.42 Å². The Morgan fingerprint density at radius 1 is 0.742 bits per heavy atom. The fourth-order valence-corrected chi connectivity index (χ4v) is 3.51. The molecule has 4 aromatic carbocycles. The van der Waals surface area contributed by atoms with Crippen molar-refractivity contribution in [2.45, 2.75) is 19.7 Å². The molecule has 4 aromatic rings. The van der Waals surface area contributed by atoms with Crippen molar-refractivity contribution in [1.29, 1.82) is 0 Å². The van der Waals surface area contributed by atoms with E-state index < -0.39 is 17.9 Å². The maximum Gasteiger partial charge on any atom is 0.573 e. The molecule has 0 bridgehead atoms. The second-order valence-corrected chi connectivity index (χ2v) is 7.11. The SMILES string of the molecule is CCc1ccc2c(F)c(-c3ccc(-c4ccc(OC(F)(F)F)c(F)c4)cc3)ccc2c1. The number of halogens is 5. The van der Waals surface area contributed by atoms with Crippen molar-refractivity contribution in [3.8, 4) is 28.0 Å². The van der Waals surface area contributed by atoms with E-state index in [9.17, 15) is 17.6 Å². The van der Waals surface area contributed by atoms with Crippen molar-refractivity contribution in [3.63, 3.8) is 0 Å². The minimum absolute atomic E-state index is 0.326. The van der Waals surface area contributed by atoms with Crippen molar-refractivity contribution < 1.29 is 26.7 Å². The van der Waals surface area contributed by atoms with E-state index in [2.05, 4.69) is 4.74 Å². The van der Waals surface area contributed by atoms with Crippen molar-refractivity contribution in [1.82, 2.24) is 0 Å². The fourth-order valence-electron chi connectivity index (χ4n) is 3.51. The molecule has 0 N–H and O–H groups in total. The van der Waals surface area contributed by atoms with Crippen LogP contribution < -0.4 is 4.74 Å². The molecule has 0 radical (unpaired) electrons. The molecule has 0 saturated heterocycles. The number of aryl methyl sites for hydroxylation is 1. The number of rotatable bonds is 4. The molecule has 0 saturated carbocycles. The second kappa shape index (κ2) is 8.02. The van der Waals surface area contributed by atoms with Crippen molar-refractivity contribution in [2.24, 2.45) is 0 Å². The van der Waals surface area contributed by atoms with E-state index in [0.29, 0.717) is 27.6 Å². The minimum atomic E-state index is -4.97. The molecule has 4 rings (SSSR count). The first-order chi connectivity index (χ1) is 14.7. The zero-order valence-corrected chi connectivity index (χ0v) is 16.4. The molecule has 158 valence electrons. The number of ether oxygens (including phenoxy) is 1. The van der Waals surface area contributed by atoms with Crippen LogP contribution in [0, 0.1) is 11.6 Å². The standard InChI is InChI=1S/C25H17F5O/c1-2-15-3-10-21-19(13-15)8-11-20(24(21)27)17-6-4-16(5-7-17)18-9-12-23(22(26)14-18)31-25(28,29)30/h3-14H,2H2,1H3. The number of hydrogen-bond donors (Lipinski definition) is 0. The van der Waals surface area contributed by atoms with Gasteiger partial charge in [-0.15, -0.1) is 13.2 Å². The molecule has 0 atom stereocenters. The summed E-state index contributed by atoms with van der Waals surface area (Å²) in [5.74, 6) is -2.34. The molecule has 0 spiro atoms. The summed E-state index contributed by atoms with van der Waals surface area (Å²) >= 11 is 0. The summed E-state index contributed by atoms with van der Waals surface area (Å²) in [5, 5.41) is 1.36. The Labute approximate surface area is 175 Å². The number of fused-ring (bicyclic) bond motifs is 1. The van der Waals surface area contributed by atoms with Gasteiger partial charge in [-0.1, -0.05) is 67.6 Å². The van der Waals surface area contributed by atoms with Crippen LogP contribution in [0.3, 0.4) is 0 Å². The van der Waals surface area contributed by atoms with Gasteiger partial charge in [-0.3, -0.25) is 0 Å². The molecule has 0 fully saturated rings. The minimum Gasteiger partial charge on any atom is -0.403 e. The van der Waals surface area contributed by atoms with Crippen LogP contribution in [0.15, 0.2) is 72.8 Å². The van der Waals surface area contributed by atoms with Gasteiger partial charge >= 0.3 is 6.36 Å². The van der Waals surface area contributed by atoms with Gasteiger partial charge in [0.25, 0.3) is 0 Å². The van der Waals surface area contributed by atoms with Crippen LogP contribution in [0.5, 0.6) is 5.75 Å². The predicted molar refractivity (Wildman–Crippen MR) is 111 cm³/mol.